The van der Waals surface area contributed by atoms with Crippen LogP contribution in [-0.4, -0.2) is 43.6 Å². The van der Waals surface area contributed by atoms with Gasteiger partial charge in [0.05, 0.1) is 11.6 Å². The Morgan fingerprint density at radius 2 is 2.27 bits per heavy atom. The molecule has 0 radical (unpaired) electrons. The molecule has 1 fully saturated rings. The first-order valence-corrected chi connectivity index (χ1v) is 8.25. The molecule has 22 heavy (non-hydrogen) atoms. The Hall–Kier alpha value is -1.83. The molecule has 1 atom stereocenters. The van der Waals surface area contributed by atoms with Crippen LogP contribution in [0.3, 0.4) is 0 Å². The van der Waals surface area contributed by atoms with Crippen LogP contribution in [0.2, 0.25) is 0 Å². The maximum absolute atomic E-state index is 12.6. The lowest BCUT2D eigenvalue weighted by molar-refractivity contribution is 0.0699. The van der Waals surface area contributed by atoms with Crippen molar-refractivity contribution in [3.63, 3.8) is 0 Å². The summed E-state index contributed by atoms with van der Waals surface area (Å²) in [6.07, 6.45) is 1.89. The van der Waals surface area contributed by atoms with Crippen LogP contribution in [-0.2, 0) is 0 Å². The van der Waals surface area contributed by atoms with Gasteiger partial charge in [0.15, 0.2) is 5.82 Å². The SMILES string of the molecule is Cc1nnsc1C(=O)N1CCC[C@@H](c2nc(C(C)C)no2)C1. The molecule has 2 aromatic rings. The molecule has 118 valence electrons. The van der Waals surface area contributed by atoms with E-state index in [0.29, 0.717) is 23.0 Å². The van der Waals surface area contributed by atoms with E-state index in [1.165, 1.54) is 0 Å². The zero-order chi connectivity index (χ0) is 15.7. The second-order valence-electron chi connectivity index (χ2n) is 5.92. The summed E-state index contributed by atoms with van der Waals surface area (Å²) >= 11 is 1.15. The first-order chi connectivity index (χ1) is 10.6. The van der Waals surface area contributed by atoms with Crippen LogP contribution in [0.1, 0.15) is 65.6 Å². The number of carbonyl (C=O) groups is 1. The Balaban J connectivity index is 1.73. The van der Waals surface area contributed by atoms with Crippen molar-refractivity contribution < 1.29 is 9.32 Å². The average Bonchev–Trinajstić information content (AvgIpc) is 3.15. The molecule has 1 amide bonds. The number of rotatable bonds is 3. The van der Waals surface area contributed by atoms with Crippen LogP contribution >= 0.6 is 11.5 Å². The van der Waals surface area contributed by atoms with Gasteiger partial charge in [-0.2, -0.15) is 4.98 Å². The molecule has 1 aliphatic heterocycles. The molecule has 0 saturated carbocycles. The maximum Gasteiger partial charge on any atom is 0.267 e. The third-order valence-corrected chi connectivity index (χ3v) is 4.69. The number of hydrogen-bond donors (Lipinski definition) is 0. The summed E-state index contributed by atoms with van der Waals surface area (Å²) in [4.78, 5) is 19.5. The van der Waals surface area contributed by atoms with E-state index in [4.69, 9.17) is 4.52 Å². The Labute approximate surface area is 132 Å². The van der Waals surface area contributed by atoms with Crippen LogP contribution in [0.15, 0.2) is 4.52 Å². The van der Waals surface area contributed by atoms with Crippen molar-refractivity contribution >= 4 is 17.4 Å². The predicted octanol–water partition coefficient (Wildman–Crippen LogP) is 2.37. The Kier molecular flexibility index (Phi) is 4.19. The van der Waals surface area contributed by atoms with E-state index in [2.05, 4.69) is 19.7 Å². The zero-order valence-corrected chi connectivity index (χ0v) is 13.8. The topological polar surface area (TPSA) is 85.0 Å². The standard InChI is InChI=1S/C14H19N5O2S/c1-8(2)12-15-13(21-17-12)10-5-4-6-19(7-10)14(20)11-9(3)16-18-22-11/h8,10H,4-7H2,1-3H3/t10-/m1/s1. The van der Waals surface area contributed by atoms with Crippen molar-refractivity contribution in [2.75, 3.05) is 13.1 Å². The van der Waals surface area contributed by atoms with Gasteiger partial charge in [0.25, 0.3) is 5.91 Å². The Bertz CT molecular complexity index is 666. The normalized spacial score (nSPS) is 18.9. The highest BCUT2D eigenvalue weighted by atomic mass is 32.1. The Morgan fingerprint density at radius 1 is 1.45 bits per heavy atom. The van der Waals surface area contributed by atoms with Gasteiger partial charge in [0.1, 0.15) is 4.88 Å². The second-order valence-corrected chi connectivity index (χ2v) is 6.68. The summed E-state index contributed by atoms with van der Waals surface area (Å²) in [6.45, 7) is 7.23. The minimum Gasteiger partial charge on any atom is -0.339 e. The van der Waals surface area contributed by atoms with Gasteiger partial charge in [-0.3, -0.25) is 4.79 Å². The van der Waals surface area contributed by atoms with Crippen molar-refractivity contribution in [2.45, 2.75) is 45.4 Å². The summed E-state index contributed by atoms with van der Waals surface area (Å²) in [6, 6.07) is 0. The van der Waals surface area contributed by atoms with Gasteiger partial charge in [-0.05, 0) is 31.3 Å². The van der Waals surface area contributed by atoms with E-state index in [1.807, 2.05) is 25.7 Å². The highest BCUT2D eigenvalue weighted by Crippen LogP contribution is 2.28. The lowest BCUT2D eigenvalue weighted by Crippen LogP contribution is -2.39. The molecular weight excluding hydrogens is 302 g/mol. The van der Waals surface area contributed by atoms with Crippen molar-refractivity contribution in [1.82, 2.24) is 24.6 Å². The number of aromatic nitrogens is 4. The highest BCUT2D eigenvalue weighted by Gasteiger charge is 2.30. The zero-order valence-electron chi connectivity index (χ0n) is 12.9. The summed E-state index contributed by atoms with van der Waals surface area (Å²) < 4.78 is 9.23. The second kappa shape index (κ2) is 6.12. The molecule has 3 rings (SSSR count). The van der Waals surface area contributed by atoms with E-state index >= 15 is 0 Å². The van der Waals surface area contributed by atoms with E-state index in [1.54, 1.807) is 0 Å². The van der Waals surface area contributed by atoms with Crippen LogP contribution in [0.5, 0.6) is 0 Å². The summed E-state index contributed by atoms with van der Waals surface area (Å²) in [7, 11) is 0. The predicted molar refractivity (Wildman–Crippen MR) is 80.9 cm³/mol. The van der Waals surface area contributed by atoms with Gasteiger partial charge in [-0.15, -0.1) is 5.10 Å². The van der Waals surface area contributed by atoms with Crippen LogP contribution < -0.4 is 0 Å². The molecule has 0 aromatic carbocycles. The highest BCUT2D eigenvalue weighted by molar-refractivity contribution is 7.07. The van der Waals surface area contributed by atoms with Crippen LogP contribution in [0.4, 0.5) is 0 Å². The fourth-order valence-electron chi connectivity index (χ4n) is 2.58. The quantitative estimate of drug-likeness (QED) is 0.863. The molecule has 0 N–H and O–H groups in total. The molecule has 0 unspecified atom stereocenters. The molecule has 1 saturated heterocycles. The van der Waals surface area contributed by atoms with Gasteiger partial charge >= 0.3 is 0 Å². The van der Waals surface area contributed by atoms with Crippen LogP contribution in [0.25, 0.3) is 0 Å². The number of nitrogens with zero attached hydrogens (tertiary/aromatic N) is 5. The molecule has 2 aromatic heterocycles. The van der Waals surface area contributed by atoms with Gasteiger partial charge in [0.2, 0.25) is 5.89 Å². The number of piperidine rings is 1. The average molecular weight is 321 g/mol. The molecule has 0 spiro atoms. The molecule has 3 heterocycles. The molecule has 1 aliphatic rings. The number of hydrogen-bond acceptors (Lipinski definition) is 7. The maximum atomic E-state index is 12.6. The molecule has 8 heteroatoms. The fourth-order valence-corrected chi connectivity index (χ4v) is 3.21. The summed E-state index contributed by atoms with van der Waals surface area (Å²) in [5.41, 5.74) is 0.692. The monoisotopic (exact) mass is 321 g/mol. The van der Waals surface area contributed by atoms with Gasteiger partial charge in [-0.1, -0.05) is 23.5 Å². The van der Waals surface area contributed by atoms with Crippen molar-refractivity contribution in [3.05, 3.63) is 22.3 Å². The third-order valence-electron chi connectivity index (χ3n) is 3.88. The van der Waals surface area contributed by atoms with Crippen molar-refractivity contribution in [1.29, 1.82) is 0 Å². The lowest BCUT2D eigenvalue weighted by Gasteiger charge is -2.30. The summed E-state index contributed by atoms with van der Waals surface area (Å²) in [5.74, 6) is 1.71. The molecular formula is C14H19N5O2S. The molecule has 7 nitrogen and oxygen atoms in total. The van der Waals surface area contributed by atoms with Gasteiger partial charge in [0, 0.05) is 19.0 Å². The number of likely N-dealkylation sites (tertiary alicyclic amines) is 1. The van der Waals surface area contributed by atoms with Crippen LogP contribution in [0, 0.1) is 6.92 Å². The van der Waals surface area contributed by atoms with E-state index in [-0.39, 0.29) is 17.7 Å². The molecule has 0 aliphatic carbocycles. The van der Waals surface area contributed by atoms with E-state index in [9.17, 15) is 4.79 Å². The van der Waals surface area contributed by atoms with Crippen molar-refractivity contribution in [3.8, 4) is 0 Å². The summed E-state index contributed by atoms with van der Waals surface area (Å²) in [5, 5.41) is 7.93. The Morgan fingerprint density at radius 3 is 2.91 bits per heavy atom. The minimum atomic E-state index is 0.000739. The van der Waals surface area contributed by atoms with Crippen molar-refractivity contribution in [2.24, 2.45) is 0 Å². The largest absolute Gasteiger partial charge is 0.339 e. The van der Waals surface area contributed by atoms with Gasteiger partial charge < -0.3 is 9.42 Å². The number of carbonyl (C=O) groups excluding carboxylic acids is 1. The van der Waals surface area contributed by atoms with Gasteiger partial charge in [-0.25, -0.2) is 0 Å². The first-order valence-electron chi connectivity index (χ1n) is 7.48. The number of aryl methyl sites for hydroxylation is 1. The fraction of sp³-hybridized carbons (Fsp3) is 0.643. The number of amides is 1. The third kappa shape index (κ3) is 2.87. The van der Waals surface area contributed by atoms with E-state index < -0.39 is 0 Å². The minimum absolute atomic E-state index is 0.000739. The smallest absolute Gasteiger partial charge is 0.267 e. The molecule has 0 bridgehead atoms. The first kappa shape index (κ1) is 15.1. The van der Waals surface area contributed by atoms with E-state index in [0.717, 1.165) is 36.7 Å². The lowest BCUT2D eigenvalue weighted by atomic mass is 9.97.